The van der Waals surface area contributed by atoms with Crippen molar-refractivity contribution in [1.82, 2.24) is 4.90 Å². The molecular formula is C13H24F2N2. The van der Waals surface area contributed by atoms with E-state index in [-0.39, 0.29) is 24.8 Å². The molecule has 0 spiro atoms. The number of alkyl halides is 2. The third kappa shape index (κ3) is 3.38. The Hall–Kier alpha value is -0.220. The average Bonchev–Trinajstić information content (AvgIpc) is 2.58. The highest BCUT2D eigenvalue weighted by molar-refractivity contribution is 4.88. The highest BCUT2D eigenvalue weighted by Crippen LogP contribution is 2.39. The third-order valence-corrected chi connectivity index (χ3v) is 4.27. The van der Waals surface area contributed by atoms with Gasteiger partial charge in [-0.25, -0.2) is 8.78 Å². The molecule has 1 saturated carbocycles. The number of likely N-dealkylation sites (tertiary alicyclic amines) is 1. The molecule has 2 nitrogen and oxygen atoms in total. The Labute approximate surface area is 103 Å². The molecule has 0 aromatic heterocycles. The van der Waals surface area contributed by atoms with Crippen molar-refractivity contribution < 1.29 is 8.78 Å². The van der Waals surface area contributed by atoms with Crippen molar-refractivity contribution in [2.75, 3.05) is 13.1 Å². The van der Waals surface area contributed by atoms with Crippen molar-refractivity contribution in [2.45, 2.75) is 63.5 Å². The van der Waals surface area contributed by atoms with E-state index >= 15 is 0 Å². The molecule has 17 heavy (non-hydrogen) atoms. The largest absolute Gasteiger partial charge is 0.327 e. The van der Waals surface area contributed by atoms with Crippen LogP contribution in [0.15, 0.2) is 0 Å². The molecule has 0 aromatic carbocycles. The number of halogens is 2. The summed E-state index contributed by atoms with van der Waals surface area (Å²) in [5.74, 6) is -2.24. The van der Waals surface area contributed by atoms with Gasteiger partial charge in [0.05, 0.1) is 0 Å². The van der Waals surface area contributed by atoms with Gasteiger partial charge in [0, 0.05) is 31.5 Å². The first kappa shape index (κ1) is 13.2. The number of piperidine rings is 1. The summed E-state index contributed by atoms with van der Waals surface area (Å²) in [7, 11) is 0. The zero-order chi connectivity index (χ0) is 12.5. The van der Waals surface area contributed by atoms with E-state index in [0.717, 1.165) is 19.5 Å². The van der Waals surface area contributed by atoms with E-state index in [1.807, 2.05) is 6.92 Å². The highest BCUT2D eigenvalue weighted by Gasteiger charge is 2.40. The van der Waals surface area contributed by atoms with E-state index in [9.17, 15) is 8.78 Å². The van der Waals surface area contributed by atoms with Gasteiger partial charge in [-0.1, -0.05) is 6.42 Å². The summed E-state index contributed by atoms with van der Waals surface area (Å²) in [6, 6.07) is 0.551. The van der Waals surface area contributed by atoms with Gasteiger partial charge in [-0.2, -0.15) is 0 Å². The fourth-order valence-electron chi connectivity index (χ4n) is 3.37. The van der Waals surface area contributed by atoms with E-state index in [2.05, 4.69) is 4.90 Å². The molecule has 2 N–H and O–H groups in total. The number of nitrogens with zero attached hydrogens (tertiary/aromatic N) is 1. The van der Waals surface area contributed by atoms with Gasteiger partial charge in [-0.15, -0.1) is 0 Å². The second-order valence-electron chi connectivity index (χ2n) is 5.88. The van der Waals surface area contributed by atoms with Gasteiger partial charge in [0.1, 0.15) is 0 Å². The smallest absolute Gasteiger partial charge is 0.248 e. The summed E-state index contributed by atoms with van der Waals surface area (Å²) < 4.78 is 26.3. The minimum absolute atomic E-state index is 0.0777. The minimum Gasteiger partial charge on any atom is -0.327 e. The Bertz CT molecular complexity index is 256. The van der Waals surface area contributed by atoms with Gasteiger partial charge in [0.2, 0.25) is 5.92 Å². The SMILES string of the molecule is CC(N)C1CCCCN1CC1CCC(F)(F)C1. The van der Waals surface area contributed by atoms with Gasteiger partial charge < -0.3 is 5.73 Å². The summed E-state index contributed by atoms with van der Waals surface area (Å²) >= 11 is 0. The van der Waals surface area contributed by atoms with Crippen molar-refractivity contribution in [3.8, 4) is 0 Å². The standard InChI is InChI=1S/C13H24F2N2/c1-10(16)12-4-2-3-7-17(12)9-11-5-6-13(14,15)8-11/h10-12H,2-9,16H2,1H3. The zero-order valence-electron chi connectivity index (χ0n) is 10.7. The second-order valence-corrected chi connectivity index (χ2v) is 5.88. The number of hydrogen-bond acceptors (Lipinski definition) is 2. The molecule has 100 valence electrons. The molecular weight excluding hydrogens is 222 g/mol. The molecule has 2 aliphatic rings. The van der Waals surface area contributed by atoms with Gasteiger partial charge in [-0.05, 0) is 38.6 Å². The van der Waals surface area contributed by atoms with E-state index < -0.39 is 5.92 Å². The first-order valence-electron chi connectivity index (χ1n) is 6.85. The van der Waals surface area contributed by atoms with Gasteiger partial charge >= 0.3 is 0 Å². The predicted molar refractivity (Wildman–Crippen MR) is 65.1 cm³/mol. The molecule has 2 rings (SSSR count). The monoisotopic (exact) mass is 246 g/mol. The third-order valence-electron chi connectivity index (χ3n) is 4.27. The van der Waals surface area contributed by atoms with Crippen LogP contribution in [0.2, 0.25) is 0 Å². The molecule has 0 amide bonds. The van der Waals surface area contributed by atoms with Crippen LogP contribution >= 0.6 is 0 Å². The summed E-state index contributed by atoms with van der Waals surface area (Å²) in [6.45, 7) is 3.89. The van der Waals surface area contributed by atoms with Crippen LogP contribution in [-0.2, 0) is 0 Å². The molecule has 0 radical (unpaired) electrons. The fourth-order valence-corrected chi connectivity index (χ4v) is 3.37. The lowest BCUT2D eigenvalue weighted by Crippen LogP contribution is -2.50. The molecule has 2 fully saturated rings. The van der Waals surface area contributed by atoms with E-state index in [1.165, 1.54) is 12.8 Å². The molecule has 1 saturated heterocycles. The van der Waals surface area contributed by atoms with Crippen LogP contribution in [0.3, 0.4) is 0 Å². The van der Waals surface area contributed by atoms with Crippen molar-refractivity contribution in [2.24, 2.45) is 11.7 Å². The number of nitrogens with two attached hydrogens (primary N) is 1. The molecule has 1 aliphatic carbocycles. The second kappa shape index (κ2) is 5.19. The van der Waals surface area contributed by atoms with E-state index in [1.54, 1.807) is 0 Å². The van der Waals surface area contributed by atoms with Crippen LogP contribution in [0.1, 0.15) is 45.4 Å². The van der Waals surface area contributed by atoms with E-state index in [4.69, 9.17) is 5.73 Å². The molecule has 1 heterocycles. The summed E-state index contributed by atoms with van der Waals surface area (Å²) in [6.07, 6.45) is 4.37. The molecule has 0 bridgehead atoms. The lowest BCUT2D eigenvalue weighted by atomic mass is 9.95. The van der Waals surface area contributed by atoms with Crippen LogP contribution in [-0.4, -0.2) is 36.0 Å². The van der Waals surface area contributed by atoms with Crippen molar-refractivity contribution in [3.63, 3.8) is 0 Å². The molecule has 1 aliphatic heterocycles. The maximum atomic E-state index is 13.2. The summed E-state index contributed by atoms with van der Waals surface area (Å²) in [5.41, 5.74) is 6.00. The number of rotatable bonds is 3. The maximum Gasteiger partial charge on any atom is 0.248 e. The minimum atomic E-state index is -2.41. The van der Waals surface area contributed by atoms with Gasteiger partial charge in [0.15, 0.2) is 0 Å². The van der Waals surface area contributed by atoms with Crippen LogP contribution in [0.4, 0.5) is 8.78 Å². The Balaban J connectivity index is 1.88. The summed E-state index contributed by atoms with van der Waals surface area (Å²) in [5, 5.41) is 0. The lowest BCUT2D eigenvalue weighted by molar-refractivity contribution is 0.00159. The topological polar surface area (TPSA) is 29.3 Å². The van der Waals surface area contributed by atoms with Gasteiger partial charge in [-0.3, -0.25) is 4.90 Å². The first-order chi connectivity index (χ1) is 7.98. The highest BCUT2D eigenvalue weighted by atomic mass is 19.3. The van der Waals surface area contributed by atoms with Crippen LogP contribution in [0.5, 0.6) is 0 Å². The Morgan fingerprint density at radius 1 is 1.35 bits per heavy atom. The quantitative estimate of drug-likeness (QED) is 0.829. The maximum absolute atomic E-state index is 13.2. The molecule has 3 unspecified atom stereocenters. The Kier molecular flexibility index (Phi) is 4.03. The molecule has 4 heteroatoms. The van der Waals surface area contributed by atoms with Crippen LogP contribution in [0.25, 0.3) is 0 Å². The zero-order valence-corrected chi connectivity index (χ0v) is 10.7. The lowest BCUT2D eigenvalue weighted by Gasteiger charge is -2.39. The molecule has 3 atom stereocenters. The van der Waals surface area contributed by atoms with Crippen molar-refractivity contribution >= 4 is 0 Å². The summed E-state index contributed by atoms with van der Waals surface area (Å²) in [4.78, 5) is 2.36. The van der Waals surface area contributed by atoms with Crippen LogP contribution < -0.4 is 5.73 Å². The average molecular weight is 246 g/mol. The Morgan fingerprint density at radius 2 is 2.12 bits per heavy atom. The number of hydrogen-bond donors (Lipinski definition) is 1. The predicted octanol–water partition coefficient (Wildman–Crippen LogP) is 2.62. The Morgan fingerprint density at radius 3 is 2.71 bits per heavy atom. The normalized spacial score (nSPS) is 36.0. The van der Waals surface area contributed by atoms with Crippen LogP contribution in [0, 0.1) is 5.92 Å². The van der Waals surface area contributed by atoms with Gasteiger partial charge in [0.25, 0.3) is 0 Å². The molecule has 0 aromatic rings. The van der Waals surface area contributed by atoms with E-state index in [0.29, 0.717) is 12.5 Å². The van der Waals surface area contributed by atoms with Crippen molar-refractivity contribution in [1.29, 1.82) is 0 Å². The first-order valence-corrected chi connectivity index (χ1v) is 6.85. The fraction of sp³-hybridized carbons (Fsp3) is 1.00. The van der Waals surface area contributed by atoms with Crippen molar-refractivity contribution in [3.05, 3.63) is 0 Å².